The Labute approximate surface area is 217 Å². The molecule has 0 aromatic carbocycles. The summed E-state index contributed by atoms with van der Waals surface area (Å²) in [4.78, 5) is 23.9. The lowest BCUT2D eigenvalue weighted by molar-refractivity contribution is -0.118. The number of imide groups is 1. The van der Waals surface area contributed by atoms with Gasteiger partial charge in [0.1, 0.15) is 12.2 Å². The van der Waals surface area contributed by atoms with E-state index < -0.39 is 62.7 Å². The van der Waals surface area contributed by atoms with Gasteiger partial charge < -0.3 is 24.6 Å². The number of rotatable bonds is 6. The Hall–Kier alpha value is -1.30. The van der Waals surface area contributed by atoms with Crippen LogP contribution >= 0.6 is 0 Å². The van der Waals surface area contributed by atoms with Crippen molar-refractivity contribution in [1.29, 1.82) is 0 Å². The number of hydrogen-bond donors (Lipinski definition) is 3. The van der Waals surface area contributed by atoms with E-state index in [4.69, 9.17) is 23.5 Å². The molecule has 11 nitrogen and oxygen atoms in total. The Kier molecular flexibility index (Phi) is 8.40. The van der Waals surface area contributed by atoms with Crippen molar-refractivity contribution in [3.63, 3.8) is 0 Å². The van der Waals surface area contributed by atoms with Gasteiger partial charge in [-0.25, -0.2) is 8.98 Å². The third kappa shape index (κ3) is 6.22. The highest BCUT2D eigenvalue weighted by molar-refractivity contribution is 7.90. The lowest BCUT2D eigenvalue weighted by Crippen LogP contribution is -2.61. The van der Waals surface area contributed by atoms with E-state index in [1.807, 2.05) is 33.9 Å². The highest BCUT2D eigenvalue weighted by Gasteiger charge is 2.67. The van der Waals surface area contributed by atoms with Crippen molar-refractivity contribution in [3.8, 4) is 0 Å². The van der Waals surface area contributed by atoms with Gasteiger partial charge in [-0.1, -0.05) is 41.5 Å². The van der Waals surface area contributed by atoms with Crippen LogP contribution in [0.15, 0.2) is 11.1 Å². The second kappa shape index (κ2) is 9.78. The molecule has 2 heterocycles. The quantitative estimate of drug-likeness (QED) is 0.325. The summed E-state index contributed by atoms with van der Waals surface area (Å²) >= 11 is 0. The molecule has 2 aliphatic rings. The maximum absolute atomic E-state index is 12.6. The first-order chi connectivity index (χ1) is 16.0. The summed E-state index contributed by atoms with van der Waals surface area (Å²) < 4.78 is 50.1. The molecule has 4 N–H and O–H groups in total. The predicted octanol–water partition coefficient (Wildman–Crippen LogP) is 2.87. The molecule has 1 spiro atoms. The van der Waals surface area contributed by atoms with Gasteiger partial charge in [-0.15, -0.1) is 0 Å². The number of carbonyl (C=O) groups excluding carboxylic acids is 2. The number of carbonyl (C=O) groups is 2. The highest BCUT2D eigenvalue weighted by atomic mass is 32.2. The fourth-order valence-electron chi connectivity index (χ4n) is 3.46. The minimum atomic E-state index is -4.16. The summed E-state index contributed by atoms with van der Waals surface area (Å²) in [5.74, 6) is -0.570. The third-order valence-corrected chi connectivity index (χ3v) is 17.7. The van der Waals surface area contributed by atoms with Crippen LogP contribution in [0.3, 0.4) is 0 Å². The summed E-state index contributed by atoms with van der Waals surface area (Å²) in [5, 5.41) is 5.19. The van der Waals surface area contributed by atoms with Crippen LogP contribution < -0.4 is 16.4 Å². The monoisotopic (exact) mass is 565 g/mol. The Morgan fingerprint density at radius 1 is 1.08 bits per heavy atom. The average Bonchev–Trinajstić information content (AvgIpc) is 3.04. The lowest BCUT2D eigenvalue weighted by atomic mass is 9.89. The fourth-order valence-corrected chi connectivity index (χ4v) is 6.98. The van der Waals surface area contributed by atoms with E-state index in [2.05, 4.69) is 44.5 Å². The van der Waals surface area contributed by atoms with Gasteiger partial charge in [0.25, 0.3) is 10.1 Å². The maximum Gasteiger partial charge on any atom is 0.323 e. The lowest BCUT2D eigenvalue weighted by Gasteiger charge is -2.43. The van der Waals surface area contributed by atoms with Crippen LogP contribution in [-0.4, -0.2) is 67.6 Å². The molecule has 0 bridgehead atoms. The first-order valence-electron chi connectivity index (χ1n) is 11.9. The van der Waals surface area contributed by atoms with Crippen LogP contribution in [0.25, 0.3) is 0 Å². The van der Waals surface area contributed by atoms with Crippen molar-refractivity contribution >= 4 is 38.7 Å². The molecule has 0 saturated carbocycles. The van der Waals surface area contributed by atoms with Crippen LogP contribution in [0.4, 0.5) is 4.79 Å². The van der Waals surface area contributed by atoms with E-state index in [1.165, 1.54) is 6.92 Å². The fraction of sp³-hybridized carbons (Fsp3) is 0.818. The molecular weight excluding hydrogens is 522 g/mol. The first-order valence-corrected chi connectivity index (χ1v) is 19.2. The van der Waals surface area contributed by atoms with E-state index in [1.54, 1.807) is 0 Å². The number of hydrogen-bond acceptors (Lipinski definition) is 9. The van der Waals surface area contributed by atoms with Gasteiger partial charge >= 0.3 is 6.03 Å². The maximum atomic E-state index is 12.6. The number of nitrogens with one attached hydrogen (secondary N) is 2. The Morgan fingerprint density at radius 3 is 2.03 bits per heavy atom. The molecule has 2 rings (SSSR count). The third-order valence-electron chi connectivity index (χ3n) is 7.66. The molecule has 1 fully saturated rings. The van der Waals surface area contributed by atoms with E-state index in [9.17, 15) is 18.0 Å². The molecule has 0 aliphatic carbocycles. The zero-order valence-electron chi connectivity index (χ0n) is 23.3. The minimum absolute atomic E-state index is 0.0373. The molecule has 208 valence electrons. The number of amides is 3. The highest BCUT2D eigenvalue weighted by Crippen LogP contribution is 2.49. The molecule has 4 atom stereocenters. The van der Waals surface area contributed by atoms with Gasteiger partial charge in [-0.2, -0.15) is 8.42 Å². The summed E-state index contributed by atoms with van der Waals surface area (Å²) in [6.45, 7) is 21.5. The van der Waals surface area contributed by atoms with Crippen molar-refractivity contribution in [2.75, 3.05) is 6.61 Å². The van der Waals surface area contributed by atoms with Crippen molar-refractivity contribution < 1.29 is 35.8 Å². The van der Waals surface area contributed by atoms with E-state index >= 15 is 0 Å². The van der Waals surface area contributed by atoms with Crippen LogP contribution in [0, 0.1) is 0 Å². The van der Waals surface area contributed by atoms with Crippen LogP contribution in [-0.2, 0) is 32.7 Å². The van der Waals surface area contributed by atoms with E-state index in [0.717, 1.165) is 5.41 Å². The molecule has 2 aliphatic heterocycles. The number of nitrogens with two attached hydrogens (primary N) is 1. The summed E-state index contributed by atoms with van der Waals surface area (Å²) in [5.41, 5.74) is 4.49. The normalized spacial score (nSPS) is 28.8. The second-order valence-corrected chi connectivity index (χ2v) is 23.5. The number of urea groups is 1. The van der Waals surface area contributed by atoms with Crippen LogP contribution in [0.5, 0.6) is 0 Å². The topological polar surface area (TPSA) is 155 Å². The Morgan fingerprint density at radius 2 is 1.61 bits per heavy atom. The average molecular weight is 566 g/mol. The molecular formula is C22H43N3O8SSi2. The SMILES string of the molecule is CC(=O)NC(=O)NC1OC(CO[Si](C)(C)C(C)(C)C)C2(OS(=O)(=O)C=C2N)C1O[Si](C)(C)C(C)(C)C. The van der Waals surface area contributed by atoms with Crippen molar-refractivity contribution in [1.82, 2.24) is 10.6 Å². The van der Waals surface area contributed by atoms with E-state index in [0.29, 0.717) is 0 Å². The predicted molar refractivity (Wildman–Crippen MR) is 141 cm³/mol. The summed E-state index contributed by atoms with van der Waals surface area (Å²) in [6.07, 6.45) is -3.32. The largest absolute Gasteiger partial charge is 0.414 e. The molecule has 14 heteroatoms. The molecule has 0 radical (unpaired) electrons. The van der Waals surface area contributed by atoms with Gasteiger partial charge in [-0.3, -0.25) is 10.1 Å². The van der Waals surface area contributed by atoms with Crippen molar-refractivity contribution in [3.05, 3.63) is 11.1 Å². The van der Waals surface area contributed by atoms with Gasteiger partial charge in [0.15, 0.2) is 28.5 Å². The van der Waals surface area contributed by atoms with Crippen molar-refractivity contribution in [2.24, 2.45) is 5.73 Å². The zero-order valence-corrected chi connectivity index (χ0v) is 26.1. The molecule has 0 aromatic heterocycles. The van der Waals surface area contributed by atoms with Crippen LogP contribution in [0.1, 0.15) is 48.5 Å². The molecule has 1 saturated heterocycles. The standard InChI is InChI=1S/C22H43N3O8SSi2/c1-14(26)24-19(27)25-18-17(32-36(10,11)21(5,6)7)22(15(23)13-34(28,29)33-22)16(31-18)12-30-35(8,9)20(2,3)4/h13,16-18H,12,23H2,1-11H3,(H2,24,25,26,27). The molecule has 3 amide bonds. The first kappa shape index (κ1) is 30.9. The summed E-state index contributed by atoms with van der Waals surface area (Å²) in [6, 6.07) is -0.819. The van der Waals surface area contributed by atoms with Gasteiger partial charge in [-0.05, 0) is 36.3 Å². The zero-order chi connectivity index (χ0) is 28.1. The Balaban J connectivity index is 2.59. The molecule has 4 unspecified atom stereocenters. The van der Waals surface area contributed by atoms with Gasteiger partial charge in [0, 0.05) is 6.92 Å². The minimum Gasteiger partial charge on any atom is -0.414 e. The smallest absolute Gasteiger partial charge is 0.323 e. The van der Waals surface area contributed by atoms with Crippen LogP contribution in [0.2, 0.25) is 36.3 Å². The van der Waals surface area contributed by atoms with Gasteiger partial charge in [0.05, 0.1) is 17.7 Å². The Bertz CT molecular complexity index is 1020. The summed E-state index contributed by atoms with van der Waals surface area (Å²) in [7, 11) is -9.04. The molecule has 36 heavy (non-hydrogen) atoms. The van der Waals surface area contributed by atoms with Gasteiger partial charge in [0.2, 0.25) is 5.91 Å². The van der Waals surface area contributed by atoms with Crippen molar-refractivity contribution in [2.45, 2.75) is 109 Å². The van der Waals surface area contributed by atoms with E-state index in [-0.39, 0.29) is 22.4 Å². The second-order valence-electron chi connectivity index (χ2n) is 12.5. The number of ether oxygens (including phenoxy) is 1. The molecule has 0 aromatic rings.